The molecule has 0 saturated carbocycles. The second kappa shape index (κ2) is 6.32. The van der Waals surface area contributed by atoms with Crippen molar-refractivity contribution < 1.29 is 19.8 Å². The molecule has 3 N–H and O–H groups in total. The van der Waals surface area contributed by atoms with E-state index in [0.717, 1.165) is 10.5 Å². The van der Waals surface area contributed by atoms with E-state index in [2.05, 4.69) is 5.32 Å². The van der Waals surface area contributed by atoms with Crippen LogP contribution >= 0.6 is 11.6 Å². The molecule has 114 valence electrons. The van der Waals surface area contributed by atoms with Crippen LogP contribution in [-0.2, 0) is 4.79 Å². The van der Waals surface area contributed by atoms with Gasteiger partial charge in [0.25, 0.3) is 0 Å². The van der Waals surface area contributed by atoms with Crippen molar-refractivity contribution in [2.45, 2.75) is 31.5 Å². The molecule has 1 aromatic carbocycles. The van der Waals surface area contributed by atoms with Gasteiger partial charge in [-0.2, -0.15) is 0 Å². The largest absolute Gasteiger partial charge is 0.480 e. The lowest BCUT2D eigenvalue weighted by Gasteiger charge is -2.24. The van der Waals surface area contributed by atoms with Crippen molar-refractivity contribution in [3.05, 3.63) is 34.9 Å². The first-order chi connectivity index (χ1) is 9.88. The SMILES string of the molecule is CC(NC(=O)N1C[C@H](O)C[C@H]1C(=O)O)c1ccc(Cl)cc1. The lowest BCUT2D eigenvalue weighted by atomic mass is 10.1. The number of carbonyl (C=O) groups excluding carboxylic acids is 1. The molecular weight excluding hydrogens is 296 g/mol. The maximum Gasteiger partial charge on any atom is 0.326 e. The number of aliphatic hydroxyl groups excluding tert-OH is 1. The molecule has 1 aliphatic rings. The van der Waals surface area contributed by atoms with Gasteiger partial charge in [-0.05, 0) is 24.6 Å². The molecule has 0 spiro atoms. The number of hydrogen-bond acceptors (Lipinski definition) is 3. The van der Waals surface area contributed by atoms with Crippen LogP contribution in [0, 0.1) is 0 Å². The highest BCUT2D eigenvalue weighted by Gasteiger charge is 2.39. The topological polar surface area (TPSA) is 89.9 Å². The number of carboxylic acids is 1. The number of nitrogens with zero attached hydrogens (tertiary/aromatic N) is 1. The van der Waals surface area contributed by atoms with Crippen molar-refractivity contribution in [3.8, 4) is 0 Å². The van der Waals surface area contributed by atoms with Gasteiger partial charge in [0.15, 0.2) is 0 Å². The van der Waals surface area contributed by atoms with Gasteiger partial charge in [0.05, 0.1) is 12.1 Å². The zero-order valence-electron chi connectivity index (χ0n) is 11.5. The van der Waals surface area contributed by atoms with E-state index in [-0.39, 0.29) is 19.0 Å². The molecule has 1 aliphatic heterocycles. The molecule has 1 saturated heterocycles. The number of halogens is 1. The monoisotopic (exact) mass is 312 g/mol. The zero-order valence-corrected chi connectivity index (χ0v) is 12.2. The number of aliphatic carboxylic acids is 1. The molecule has 0 aromatic heterocycles. The van der Waals surface area contributed by atoms with E-state index in [1.54, 1.807) is 31.2 Å². The van der Waals surface area contributed by atoms with Crippen LogP contribution in [0.2, 0.25) is 5.02 Å². The lowest BCUT2D eigenvalue weighted by molar-refractivity contribution is -0.141. The Kier molecular flexibility index (Phi) is 4.69. The number of aliphatic hydroxyl groups is 1. The smallest absolute Gasteiger partial charge is 0.326 e. The molecule has 2 rings (SSSR count). The Labute approximate surface area is 127 Å². The van der Waals surface area contributed by atoms with Gasteiger partial charge >= 0.3 is 12.0 Å². The van der Waals surface area contributed by atoms with Gasteiger partial charge in [0, 0.05) is 18.0 Å². The molecule has 7 heteroatoms. The maximum atomic E-state index is 12.2. The number of carboxylic acid groups (broad SMARTS) is 1. The second-order valence-corrected chi connectivity index (χ2v) is 5.56. The van der Waals surface area contributed by atoms with Crippen molar-refractivity contribution in [1.29, 1.82) is 0 Å². The molecule has 0 bridgehead atoms. The molecule has 1 heterocycles. The van der Waals surface area contributed by atoms with Crippen LogP contribution in [0.15, 0.2) is 24.3 Å². The molecule has 1 fully saturated rings. The van der Waals surface area contributed by atoms with Crippen LogP contribution in [0.4, 0.5) is 4.79 Å². The quantitative estimate of drug-likeness (QED) is 0.791. The first kappa shape index (κ1) is 15.6. The van der Waals surface area contributed by atoms with Crippen molar-refractivity contribution in [2.75, 3.05) is 6.54 Å². The first-order valence-electron chi connectivity index (χ1n) is 6.62. The van der Waals surface area contributed by atoms with E-state index < -0.39 is 24.1 Å². The lowest BCUT2D eigenvalue weighted by Crippen LogP contribution is -2.46. The highest BCUT2D eigenvalue weighted by Crippen LogP contribution is 2.20. The minimum atomic E-state index is -1.11. The summed E-state index contributed by atoms with van der Waals surface area (Å²) in [7, 11) is 0. The fourth-order valence-electron chi connectivity index (χ4n) is 2.38. The Morgan fingerprint density at radius 3 is 2.57 bits per heavy atom. The summed E-state index contributed by atoms with van der Waals surface area (Å²) in [4.78, 5) is 24.4. The van der Waals surface area contributed by atoms with Gasteiger partial charge in [0.2, 0.25) is 0 Å². The Bertz CT molecular complexity index is 534. The van der Waals surface area contributed by atoms with Crippen LogP contribution in [0.25, 0.3) is 0 Å². The highest BCUT2D eigenvalue weighted by molar-refractivity contribution is 6.30. The van der Waals surface area contributed by atoms with Crippen molar-refractivity contribution in [2.24, 2.45) is 0 Å². The number of carbonyl (C=O) groups is 2. The van der Waals surface area contributed by atoms with Crippen LogP contribution in [-0.4, -0.2) is 45.8 Å². The summed E-state index contributed by atoms with van der Waals surface area (Å²) in [5, 5.41) is 22.0. The van der Waals surface area contributed by atoms with Crippen molar-refractivity contribution in [1.82, 2.24) is 10.2 Å². The van der Waals surface area contributed by atoms with Crippen molar-refractivity contribution in [3.63, 3.8) is 0 Å². The van der Waals surface area contributed by atoms with E-state index in [9.17, 15) is 14.7 Å². The van der Waals surface area contributed by atoms with Gasteiger partial charge in [-0.15, -0.1) is 0 Å². The predicted molar refractivity (Wildman–Crippen MR) is 77.2 cm³/mol. The minimum absolute atomic E-state index is 0.0239. The fraction of sp³-hybridized carbons (Fsp3) is 0.429. The van der Waals surface area contributed by atoms with E-state index in [4.69, 9.17) is 16.7 Å². The summed E-state index contributed by atoms with van der Waals surface area (Å²) >= 11 is 5.81. The van der Waals surface area contributed by atoms with E-state index in [0.29, 0.717) is 5.02 Å². The van der Waals surface area contributed by atoms with E-state index >= 15 is 0 Å². The number of urea groups is 1. The number of benzene rings is 1. The Hall–Kier alpha value is -1.79. The molecule has 0 aliphatic carbocycles. The van der Waals surface area contributed by atoms with Gasteiger partial charge in [-0.25, -0.2) is 9.59 Å². The van der Waals surface area contributed by atoms with E-state index in [1.807, 2.05) is 0 Å². The molecule has 2 amide bonds. The van der Waals surface area contributed by atoms with Crippen LogP contribution in [0.5, 0.6) is 0 Å². The predicted octanol–water partition coefficient (Wildman–Crippen LogP) is 1.63. The minimum Gasteiger partial charge on any atom is -0.480 e. The number of nitrogens with one attached hydrogen (secondary N) is 1. The average molecular weight is 313 g/mol. The zero-order chi connectivity index (χ0) is 15.6. The number of rotatable bonds is 3. The van der Waals surface area contributed by atoms with Crippen LogP contribution in [0.1, 0.15) is 24.9 Å². The molecule has 1 unspecified atom stereocenters. The summed E-state index contributed by atoms with van der Waals surface area (Å²) < 4.78 is 0. The standard InChI is InChI=1S/C14H17ClN2O4/c1-8(9-2-4-10(15)5-3-9)16-14(21)17-7-11(18)6-12(17)13(19)20/h2-5,8,11-12,18H,6-7H2,1H3,(H,16,21)(H,19,20)/t8?,11-,12+/m1/s1. The fourth-order valence-corrected chi connectivity index (χ4v) is 2.50. The third-order valence-electron chi connectivity index (χ3n) is 3.53. The molecule has 0 radical (unpaired) electrons. The number of amides is 2. The normalized spacial score (nSPS) is 22.9. The Balaban J connectivity index is 2.03. The third-order valence-corrected chi connectivity index (χ3v) is 3.79. The summed E-state index contributed by atoms with van der Waals surface area (Å²) in [6.45, 7) is 1.82. The van der Waals surface area contributed by atoms with Gasteiger partial charge in [0.1, 0.15) is 6.04 Å². The average Bonchev–Trinajstić information content (AvgIpc) is 2.82. The van der Waals surface area contributed by atoms with Gasteiger partial charge in [-0.3, -0.25) is 0 Å². The number of likely N-dealkylation sites (tertiary alicyclic amines) is 1. The molecular formula is C14H17ClN2O4. The maximum absolute atomic E-state index is 12.2. The van der Waals surface area contributed by atoms with Gasteiger partial charge < -0.3 is 20.4 Å². The van der Waals surface area contributed by atoms with Crippen LogP contribution in [0.3, 0.4) is 0 Å². The molecule has 1 aromatic rings. The third kappa shape index (κ3) is 3.65. The Morgan fingerprint density at radius 1 is 1.38 bits per heavy atom. The highest BCUT2D eigenvalue weighted by atomic mass is 35.5. The number of hydrogen-bond donors (Lipinski definition) is 3. The summed E-state index contributed by atoms with van der Waals surface area (Å²) in [6, 6.07) is 5.25. The summed E-state index contributed by atoms with van der Waals surface area (Å²) in [6.07, 6.45) is -0.749. The van der Waals surface area contributed by atoms with Gasteiger partial charge in [-0.1, -0.05) is 23.7 Å². The molecule has 6 nitrogen and oxygen atoms in total. The summed E-state index contributed by atoms with van der Waals surface area (Å²) in [5.41, 5.74) is 0.861. The first-order valence-corrected chi connectivity index (χ1v) is 6.99. The second-order valence-electron chi connectivity index (χ2n) is 5.12. The molecule has 3 atom stereocenters. The Morgan fingerprint density at radius 2 is 2.00 bits per heavy atom. The summed E-state index contributed by atoms with van der Waals surface area (Å²) in [5.74, 6) is -1.11. The number of β-amino-alcohol motifs (C(OH)–C–C–N with tert-alkyl or cyclic N) is 1. The van der Waals surface area contributed by atoms with Crippen LogP contribution < -0.4 is 5.32 Å². The van der Waals surface area contributed by atoms with E-state index in [1.165, 1.54) is 0 Å². The van der Waals surface area contributed by atoms with Crippen molar-refractivity contribution >= 4 is 23.6 Å². The molecule has 21 heavy (non-hydrogen) atoms.